The molecule has 49 heavy (non-hydrogen) atoms. The van der Waals surface area contributed by atoms with Crippen molar-refractivity contribution < 1.29 is 0 Å². The lowest BCUT2D eigenvalue weighted by Gasteiger charge is -2.32. The Balaban J connectivity index is 1.90. The van der Waals surface area contributed by atoms with Gasteiger partial charge in [0.25, 0.3) is 0 Å². The molecule has 0 aromatic heterocycles. The zero-order chi connectivity index (χ0) is 35.2. The Labute approximate surface area is 295 Å². The molecule has 0 amide bonds. The van der Waals surface area contributed by atoms with Crippen LogP contribution < -0.4 is 10.4 Å². The monoisotopic (exact) mass is 644 g/mol. The molecule has 2 nitrogen and oxygen atoms in total. The maximum atomic E-state index is 5.09. The van der Waals surface area contributed by atoms with Crippen molar-refractivity contribution >= 4 is 46.5 Å². The number of allylic oxidation sites excluding steroid dienone is 7. The zero-order valence-corrected chi connectivity index (χ0v) is 29.8. The van der Waals surface area contributed by atoms with Crippen molar-refractivity contribution in [1.82, 2.24) is 4.90 Å². The van der Waals surface area contributed by atoms with Crippen LogP contribution in [0.25, 0.3) is 51.8 Å². The summed E-state index contributed by atoms with van der Waals surface area (Å²) in [6, 6.07) is 15.3. The molecule has 3 aromatic rings. The molecule has 0 radical (unpaired) electrons. The summed E-state index contributed by atoms with van der Waals surface area (Å²) in [6.45, 7) is 29.2. The normalized spacial score (nSPS) is 15.8. The highest BCUT2D eigenvalue weighted by Crippen LogP contribution is 2.37. The van der Waals surface area contributed by atoms with E-state index in [-0.39, 0.29) is 0 Å². The summed E-state index contributed by atoms with van der Waals surface area (Å²) in [7, 11) is 0. The standard InChI is InChI=1S/C47H52N2/c1-9-17-18-19-20-23-32-49(31-11-3)47(48-30-10-2)44-29-28-39(33-35(44)12-4)46-42(15-7)40(13-5)45(41(14-6)43(46)16-8)38-27-26-36-24-21-22-25-37(36)34-38/h9-11,13-22,24-29,34-35H,1-3,5,7,12,23,30-33H2,4,6,8H3/b18-17-,20-19-,41-14+,43-16+,48-47?/t35-/m0/s1. The molecule has 1 aliphatic carbocycles. The van der Waals surface area contributed by atoms with Crippen LogP contribution in [0.5, 0.6) is 0 Å². The molecule has 0 aliphatic heterocycles. The van der Waals surface area contributed by atoms with Gasteiger partial charge in [0.05, 0.1) is 6.54 Å². The van der Waals surface area contributed by atoms with E-state index in [2.05, 4.69) is 137 Å². The minimum absolute atomic E-state index is 0.297. The lowest BCUT2D eigenvalue weighted by Crippen LogP contribution is -2.37. The highest BCUT2D eigenvalue weighted by molar-refractivity contribution is 6.01. The molecular formula is C47H52N2. The van der Waals surface area contributed by atoms with Crippen molar-refractivity contribution in [3.8, 4) is 11.1 Å². The molecule has 0 unspecified atom stereocenters. The number of hydrogen-bond acceptors (Lipinski definition) is 1. The van der Waals surface area contributed by atoms with Gasteiger partial charge in [-0.25, -0.2) is 0 Å². The average molecular weight is 645 g/mol. The Morgan fingerprint density at radius 1 is 0.837 bits per heavy atom. The molecule has 0 N–H and O–H groups in total. The maximum Gasteiger partial charge on any atom is 0.127 e. The molecule has 1 atom stereocenters. The number of rotatable bonds is 15. The van der Waals surface area contributed by atoms with E-state index < -0.39 is 0 Å². The van der Waals surface area contributed by atoms with Crippen molar-refractivity contribution in [1.29, 1.82) is 0 Å². The van der Waals surface area contributed by atoms with Gasteiger partial charge in [-0.05, 0) is 105 Å². The summed E-state index contributed by atoms with van der Waals surface area (Å²) in [5.74, 6) is 1.33. The van der Waals surface area contributed by atoms with Gasteiger partial charge in [-0.3, -0.25) is 4.99 Å². The predicted molar refractivity (Wildman–Crippen MR) is 221 cm³/mol. The Kier molecular flexibility index (Phi) is 13.7. The molecule has 0 heterocycles. The highest BCUT2D eigenvalue weighted by atomic mass is 15.2. The fourth-order valence-electron chi connectivity index (χ4n) is 6.94. The topological polar surface area (TPSA) is 15.6 Å². The lowest BCUT2D eigenvalue weighted by atomic mass is 9.78. The van der Waals surface area contributed by atoms with E-state index in [1.165, 1.54) is 49.0 Å². The molecule has 3 aromatic carbocycles. The molecule has 4 rings (SSSR count). The van der Waals surface area contributed by atoms with E-state index in [9.17, 15) is 0 Å². The average Bonchev–Trinajstić information content (AvgIpc) is 3.14. The van der Waals surface area contributed by atoms with Crippen molar-refractivity contribution in [3.05, 3.63) is 163 Å². The number of hydrogen-bond donors (Lipinski definition) is 0. The molecule has 250 valence electrons. The van der Waals surface area contributed by atoms with Gasteiger partial charge in [0.1, 0.15) is 5.84 Å². The highest BCUT2D eigenvalue weighted by Gasteiger charge is 2.27. The Hall–Kier alpha value is -5.21. The minimum atomic E-state index is 0.297. The van der Waals surface area contributed by atoms with Crippen LogP contribution in [0.1, 0.15) is 56.7 Å². The van der Waals surface area contributed by atoms with Gasteiger partial charge in [0.15, 0.2) is 0 Å². The SMILES string of the molecule is C=C/C=C\C=C/CCN(CC=C)C(=NCC=C)C1=CC=C(c2c(C=C)c(C=C)c(-c3ccc4ccccc4c3)c(=C/C)/c2=C\C)C[C@@H]1CC. The molecule has 0 saturated heterocycles. The van der Waals surface area contributed by atoms with Crippen LogP contribution in [0.15, 0.2) is 141 Å². The third-order valence-corrected chi connectivity index (χ3v) is 9.20. The molecule has 2 heteroatoms. The van der Waals surface area contributed by atoms with Gasteiger partial charge in [-0.15, -0.1) is 13.2 Å². The van der Waals surface area contributed by atoms with E-state index in [4.69, 9.17) is 4.99 Å². The van der Waals surface area contributed by atoms with Gasteiger partial charge in [-0.1, -0.05) is 142 Å². The van der Waals surface area contributed by atoms with Crippen molar-refractivity contribution in [2.75, 3.05) is 19.6 Å². The fourth-order valence-corrected chi connectivity index (χ4v) is 6.94. The van der Waals surface area contributed by atoms with E-state index >= 15 is 0 Å². The van der Waals surface area contributed by atoms with Crippen LogP contribution in [0, 0.1) is 5.92 Å². The van der Waals surface area contributed by atoms with Gasteiger partial charge in [-0.2, -0.15) is 0 Å². The number of aliphatic imine (C=N–C) groups is 1. The van der Waals surface area contributed by atoms with E-state index in [0.717, 1.165) is 49.3 Å². The minimum Gasteiger partial charge on any atom is -0.353 e. The van der Waals surface area contributed by atoms with Crippen molar-refractivity contribution in [3.63, 3.8) is 0 Å². The van der Waals surface area contributed by atoms with Crippen LogP contribution >= 0.6 is 0 Å². The largest absolute Gasteiger partial charge is 0.353 e. The first-order valence-corrected chi connectivity index (χ1v) is 17.4. The molecular weight excluding hydrogens is 593 g/mol. The first kappa shape index (κ1) is 36.6. The fraction of sp³-hybridized carbons (Fsp3) is 0.213. The van der Waals surface area contributed by atoms with Crippen LogP contribution in [0.2, 0.25) is 0 Å². The number of fused-ring (bicyclic) bond motifs is 1. The third kappa shape index (κ3) is 8.27. The number of amidine groups is 1. The second-order valence-electron chi connectivity index (χ2n) is 12.1. The summed E-state index contributed by atoms with van der Waals surface area (Å²) in [5.41, 5.74) is 8.44. The quantitative estimate of drug-likeness (QED) is 0.0696. The van der Waals surface area contributed by atoms with E-state index in [1.807, 2.05) is 36.5 Å². The van der Waals surface area contributed by atoms with E-state index in [0.29, 0.717) is 12.5 Å². The second kappa shape index (κ2) is 18.4. The van der Waals surface area contributed by atoms with Gasteiger partial charge in [0, 0.05) is 13.1 Å². The summed E-state index contributed by atoms with van der Waals surface area (Å²) < 4.78 is 0. The van der Waals surface area contributed by atoms with Crippen LogP contribution in [-0.2, 0) is 0 Å². The smallest absolute Gasteiger partial charge is 0.127 e. The first-order chi connectivity index (χ1) is 24.0. The van der Waals surface area contributed by atoms with Crippen LogP contribution in [0.3, 0.4) is 0 Å². The Morgan fingerprint density at radius 3 is 2.20 bits per heavy atom. The molecule has 0 spiro atoms. The summed E-state index contributed by atoms with van der Waals surface area (Å²) >= 11 is 0. The summed E-state index contributed by atoms with van der Waals surface area (Å²) in [4.78, 5) is 7.44. The maximum absolute atomic E-state index is 5.09. The predicted octanol–water partition coefficient (Wildman–Crippen LogP) is 10.9. The Bertz CT molecular complexity index is 1990. The Morgan fingerprint density at radius 2 is 1.55 bits per heavy atom. The van der Waals surface area contributed by atoms with Gasteiger partial charge in [0.2, 0.25) is 0 Å². The number of benzene rings is 3. The van der Waals surface area contributed by atoms with E-state index in [1.54, 1.807) is 6.08 Å². The lowest BCUT2D eigenvalue weighted by molar-refractivity contribution is 0.459. The third-order valence-electron chi connectivity index (χ3n) is 9.20. The van der Waals surface area contributed by atoms with Crippen molar-refractivity contribution in [2.45, 2.75) is 40.0 Å². The zero-order valence-electron chi connectivity index (χ0n) is 29.8. The molecule has 0 bridgehead atoms. The molecule has 0 saturated carbocycles. The van der Waals surface area contributed by atoms with Gasteiger partial charge >= 0.3 is 0 Å². The van der Waals surface area contributed by atoms with Crippen molar-refractivity contribution in [2.24, 2.45) is 10.9 Å². The first-order valence-electron chi connectivity index (χ1n) is 17.4. The second-order valence-corrected chi connectivity index (χ2v) is 12.1. The summed E-state index contributed by atoms with van der Waals surface area (Å²) in [5, 5.41) is 4.91. The summed E-state index contributed by atoms with van der Waals surface area (Å²) in [6.07, 6.45) is 29.8. The van der Waals surface area contributed by atoms with Crippen LogP contribution in [0.4, 0.5) is 0 Å². The molecule has 1 aliphatic rings. The van der Waals surface area contributed by atoms with Gasteiger partial charge < -0.3 is 4.90 Å². The number of nitrogens with zero attached hydrogens (tertiary/aromatic N) is 2. The molecule has 0 fully saturated rings. The van der Waals surface area contributed by atoms with Crippen LogP contribution in [-0.4, -0.2) is 30.4 Å².